The molecule has 16 heavy (non-hydrogen) atoms. The van der Waals surface area contributed by atoms with Crippen LogP contribution in [0, 0.1) is 0 Å². The Kier molecular flexibility index (Phi) is 2.91. The predicted octanol–water partition coefficient (Wildman–Crippen LogP) is 1.61. The summed E-state index contributed by atoms with van der Waals surface area (Å²) >= 11 is 0. The average molecular weight is 221 g/mol. The summed E-state index contributed by atoms with van der Waals surface area (Å²) in [6, 6.07) is 7.86. The zero-order valence-electron chi connectivity index (χ0n) is 10.1. The van der Waals surface area contributed by atoms with Crippen LogP contribution >= 0.6 is 0 Å². The quantitative estimate of drug-likeness (QED) is 0.823. The predicted molar refractivity (Wildman–Crippen MR) is 63.6 cm³/mol. The van der Waals surface area contributed by atoms with Crippen LogP contribution in [0.15, 0.2) is 24.3 Å². The fourth-order valence-electron chi connectivity index (χ4n) is 2.38. The van der Waals surface area contributed by atoms with Gasteiger partial charge in [0.25, 0.3) is 0 Å². The Morgan fingerprint density at radius 2 is 2.00 bits per heavy atom. The van der Waals surface area contributed by atoms with E-state index in [1.54, 1.807) is 7.11 Å². The van der Waals surface area contributed by atoms with E-state index in [-0.39, 0.29) is 6.04 Å². The van der Waals surface area contributed by atoms with E-state index in [9.17, 15) is 5.11 Å². The van der Waals surface area contributed by atoms with Crippen LogP contribution in [0.25, 0.3) is 0 Å². The first-order valence-electron chi connectivity index (χ1n) is 5.65. The molecule has 1 N–H and O–H groups in total. The molecule has 1 saturated heterocycles. The fourth-order valence-corrected chi connectivity index (χ4v) is 2.38. The summed E-state index contributed by atoms with van der Waals surface area (Å²) in [7, 11) is 3.70. The number of hydrogen-bond donors (Lipinski definition) is 1. The van der Waals surface area contributed by atoms with Crippen molar-refractivity contribution < 1.29 is 9.84 Å². The summed E-state index contributed by atoms with van der Waals surface area (Å²) in [6.45, 7) is 3.00. The van der Waals surface area contributed by atoms with Gasteiger partial charge in [-0.05, 0) is 38.1 Å². The maximum Gasteiger partial charge on any atom is 0.118 e. The molecule has 0 unspecified atom stereocenters. The van der Waals surface area contributed by atoms with Crippen LogP contribution in [0.3, 0.4) is 0 Å². The number of ether oxygens (including phenoxy) is 1. The van der Waals surface area contributed by atoms with Crippen LogP contribution in [-0.2, 0) is 5.60 Å². The van der Waals surface area contributed by atoms with E-state index in [4.69, 9.17) is 4.74 Å². The molecule has 1 aliphatic heterocycles. The molecule has 2 atom stereocenters. The Bertz CT molecular complexity index is 363. The lowest BCUT2D eigenvalue weighted by molar-refractivity contribution is 0.0108. The Hall–Kier alpha value is -1.06. The molecule has 0 amide bonds. The van der Waals surface area contributed by atoms with Gasteiger partial charge >= 0.3 is 0 Å². The second-order valence-electron chi connectivity index (χ2n) is 4.56. The lowest BCUT2D eigenvalue weighted by atomic mass is 9.87. The first-order chi connectivity index (χ1) is 7.58. The summed E-state index contributed by atoms with van der Waals surface area (Å²) in [5.41, 5.74) is 0.256. The SMILES string of the molecule is COc1ccc([C@]2(O)CCN(C)[C@H]2C)cc1. The van der Waals surface area contributed by atoms with Crippen LogP contribution in [0.5, 0.6) is 5.75 Å². The maximum absolute atomic E-state index is 10.7. The maximum atomic E-state index is 10.7. The molecule has 1 heterocycles. The van der Waals surface area contributed by atoms with Crippen molar-refractivity contribution in [2.24, 2.45) is 0 Å². The Morgan fingerprint density at radius 1 is 1.38 bits per heavy atom. The largest absolute Gasteiger partial charge is 0.497 e. The van der Waals surface area contributed by atoms with Crippen molar-refractivity contribution in [2.45, 2.75) is 25.0 Å². The molecule has 1 aromatic carbocycles. The van der Waals surface area contributed by atoms with E-state index in [1.807, 2.05) is 31.3 Å². The van der Waals surface area contributed by atoms with Gasteiger partial charge in [0.2, 0.25) is 0 Å². The molecule has 0 saturated carbocycles. The number of likely N-dealkylation sites (tertiary alicyclic amines) is 1. The van der Waals surface area contributed by atoms with E-state index < -0.39 is 5.60 Å². The molecule has 88 valence electrons. The number of nitrogens with zero attached hydrogens (tertiary/aromatic N) is 1. The van der Waals surface area contributed by atoms with Crippen molar-refractivity contribution in [2.75, 3.05) is 20.7 Å². The number of hydrogen-bond acceptors (Lipinski definition) is 3. The third kappa shape index (κ3) is 1.70. The number of methoxy groups -OCH3 is 1. The van der Waals surface area contributed by atoms with E-state index in [0.29, 0.717) is 0 Å². The van der Waals surface area contributed by atoms with Crippen molar-refractivity contribution in [3.63, 3.8) is 0 Å². The van der Waals surface area contributed by atoms with E-state index in [0.717, 1.165) is 24.3 Å². The van der Waals surface area contributed by atoms with Gasteiger partial charge in [0, 0.05) is 12.6 Å². The third-order valence-corrected chi connectivity index (χ3v) is 3.79. The van der Waals surface area contributed by atoms with Crippen LogP contribution in [0.1, 0.15) is 18.9 Å². The van der Waals surface area contributed by atoms with Crippen molar-refractivity contribution in [3.8, 4) is 5.75 Å². The highest BCUT2D eigenvalue weighted by Gasteiger charge is 2.42. The molecular formula is C13H19NO2. The number of likely N-dealkylation sites (N-methyl/N-ethyl adjacent to an activating group) is 1. The van der Waals surface area contributed by atoms with Crippen LogP contribution in [-0.4, -0.2) is 36.8 Å². The second kappa shape index (κ2) is 4.07. The molecular weight excluding hydrogens is 202 g/mol. The van der Waals surface area contributed by atoms with Gasteiger partial charge in [-0.1, -0.05) is 12.1 Å². The van der Waals surface area contributed by atoms with Gasteiger partial charge in [0.1, 0.15) is 11.4 Å². The van der Waals surface area contributed by atoms with Crippen molar-refractivity contribution in [3.05, 3.63) is 29.8 Å². The zero-order valence-corrected chi connectivity index (χ0v) is 10.1. The molecule has 0 aliphatic carbocycles. The van der Waals surface area contributed by atoms with Crippen molar-refractivity contribution >= 4 is 0 Å². The number of aliphatic hydroxyl groups is 1. The standard InChI is InChI=1S/C13H19NO2/c1-10-13(15,8-9-14(10)2)11-4-6-12(16-3)7-5-11/h4-7,10,15H,8-9H2,1-3H3/t10-,13-/m0/s1. The minimum absolute atomic E-state index is 0.154. The average Bonchev–Trinajstić information content (AvgIpc) is 2.59. The molecule has 0 radical (unpaired) electrons. The Labute approximate surface area is 96.6 Å². The third-order valence-electron chi connectivity index (χ3n) is 3.79. The first kappa shape index (κ1) is 11.4. The van der Waals surface area contributed by atoms with Gasteiger partial charge in [-0.25, -0.2) is 0 Å². The van der Waals surface area contributed by atoms with Gasteiger partial charge < -0.3 is 14.7 Å². The van der Waals surface area contributed by atoms with Gasteiger partial charge in [0.15, 0.2) is 0 Å². The highest BCUT2D eigenvalue weighted by molar-refractivity contribution is 5.32. The lowest BCUT2D eigenvalue weighted by Crippen LogP contribution is -2.38. The molecule has 0 bridgehead atoms. The molecule has 3 nitrogen and oxygen atoms in total. The van der Waals surface area contributed by atoms with E-state index in [1.165, 1.54) is 0 Å². The summed E-state index contributed by atoms with van der Waals surface area (Å²) in [4.78, 5) is 2.18. The highest BCUT2D eigenvalue weighted by atomic mass is 16.5. The first-order valence-corrected chi connectivity index (χ1v) is 5.65. The molecule has 3 heteroatoms. The number of benzene rings is 1. The molecule has 2 rings (SSSR count). The topological polar surface area (TPSA) is 32.7 Å². The van der Waals surface area contributed by atoms with Gasteiger partial charge in [-0.2, -0.15) is 0 Å². The van der Waals surface area contributed by atoms with Gasteiger partial charge in [0.05, 0.1) is 7.11 Å². The van der Waals surface area contributed by atoms with E-state index >= 15 is 0 Å². The molecule has 0 spiro atoms. The monoisotopic (exact) mass is 221 g/mol. The van der Waals surface area contributed by atoms with Gasteiger partial charge in [-0.3, -0.25) is 0 Å². The number of rotatable bonds is 2. The zero-order chi connectivity index (χ0) is 11.8. The van der Waals surface area contributed by atoms with Crippen molar-refractivity contribution in [1.29, 1.82) is 0 Å². The molecule has 0 aromatic heterocycles. The lowest BCUT2D eigenvalue weighted by Gasteiger charge is -2.30. The molecule has 1 aromatic rings. The highest BCUT2D eigenvalue weighted by Crippen LogP contribution is 2.37. The summed E-state index contributed by atoms with van der Waals surface area (Å²) < 4.78 is 5.12. The minimum Gasteiger partial charge on any atom is -0.497 e. The molecule has 1 fully saturated rings. The van der Waals surface area contributed by atoms with Crippen LogP contribution in [0.4, 0.5) is 0 Å². The summed E-state index contributed by atoms with van der Waals surface area (Å²) in [5.74, 6) is 0.825. The summed E-state index contributed by atoms with van der Waals surface area (Å²) in [6.07, 6.45) is 0.789. The van der Waals surface area contributed by atoms with Crippen molar-refractivity contribution in [1.82, 2.24) is 4.90 Å². The Morgan fingerprint density at radius 3 is 2.44 bits per heavy atom. The van der Waals surface area contributed by atoms with Crippen LogP contribution in [0.2, 0.25) is 0 Å². The van der Waals surface area contributed by atoms with Gasteiger partial charge in [-0.15, -0.1) is 0 Å². The Balaban J connectivity index is 2.29. The molecule has 1 aliphatic rings. The van der Waals surface area contributed by atoms with Crippen LogP contribution < -0.4 is 4.74 Å². The normalized spacial score (nSPS) is 30.6. The second-order valence-corrected chi connectivity index (χ2v) is 4.56. The minimum atomic E-state index is -0.721. The fraction of sp³-hybridized carbons (Fsp3) is 0.538. The summed E-state index contributed by atoms with van der Waals surface area (Å²) in [5, 5.41) is 10.7. The smallest absolute Gasteiger partial charge is 0.118 e. The van der Waals surface area contributed by atoms with E-state index in [2.05, 4.69) is 11.8 Å².